The van der Waals surface area contributed by atoms with Gasteiger partial charge in [0, 0.05) is 0 Å². The van der Waals surface area contributed by atoms with Crippen molar-refractivity contribution in [3.63, 3.8) is 0 Å². The average molecular weight is 259 g/mol. The Morgan fingerprint density at radius 2 is 1.67 bits per heavy atom. The van der Waals surface area contributed by atoms with E-state index in [1.807, 2.05) is 13.8 Å². The van der Waals surface area contributed by atoms with Crippen LogP contribution in [0.1, 0.15) is 26.7 Å². The van der Waals surface area contributed by atoms with Gasteiger partial charge in [-0.3, -0.25) is 14.4 Å². The Kier molecular flexibility index (Phi) is 7.14. The Hall–Kier alpha value is -1.47. The van der Waals surface area contributed by atoms with Gasteiger partial charge >= 0.3 is 5.97 Å². The Morgan fingerprint density at radius 3 is 2.11 bits per heavy atom. The van der Waals surface area contributed by atoms with Crippen LogP contribution >= 0.6 is 0 Å². The Balaban J connectivity index is 4.05. The molecule has 2 atom stereocenters. The highest BCUT2D eigenvalue weighted by atomic mass is 16.5. The van der Waals surface area contributed by atoms with Crippen molar-refractivity contribution in [3.8, 4) is 0 Å². The van der Waals surface area contributed by atoms with Crippen molar-refractivity contribution in [1.82, 2.24) is 0 Å². The number of esters is 1. The van der Waals surface area contributed by atoms with Gasteiger partial charge in [-0.25, -0.2) is 0 Å². The summed E-state index contributed by atoms with van der Waals surface area (Å²) >= 11 is 0. The molecule has 18 heavy (non-hydrogen) atoms. The van der Waals surface area contributed by atoms with Crippen LogP contribution in [-0.2, 0) is 19.1 Å². The van der Waals surface area contributed by atoms with E-state index < -0.39 is 30.6 Å². The zero-order valence-corrected chi connectivity index (χ0v) is 10.7. The minimum Gasteiger partial charge on any atom is -0.456 e. The first kappa shape index (κ1) is 16.5. The van der Waals surface area contributed by atoms with E-state index in [4.69, 9.17) is 17.2 Å². The summed E-state index contributed by atoms with van der Waals surface area (Å²) in [5.74, 6) is -1.64. The number of primary amides is 1. The number of hydrogen-bond donors (Lipinski definition) is 3. The summed E-state index contributed by atoms with van der Waals surface area (Å²) in [4.78, 5) is 33.3. The van der Waals surface area contributed by atoms with E-state index in [0.717, 1.165) is 0 Å². The molecule has 0 aliphatic carbocycles. The number of rotatable bonds is 8. The van der Waals surface area contributed by atoms with Crippen LogP contribution in [0.4, 0.5) is 0 Å². The van der Waals surface area contributed by atoms with Gasteiger partial charge in [-0.05, 0) is 12.3 Å². The van der Waals surface area contributed by atoms with Gasteiger partial charge in [-0.15, -0.1) is 0 Å². The number of carbonyl (C=O) groups is 3. The van der Waals surface area contributed by atoms with E-state index in [1.54, 1.807) is 0 Å². The highest BCUT2D eigenvalue weighted by Crippen LogP contribution is 2.04. The third-order valence-corrected chi connectivity index (χ3v) is 2.22. The van der Waals surface area contributed by atoms with E-state index >= 15 is 0 Å². The molecule has 0 aliphatic rings. The molecule has 7 nitrogen and oxygen atoms in total. The molecule has 7 heteroatoms. The van der Waals surface area contributed by atoms with E-state index in [2.05, 4.69) is 4.74 Å². The highest BCUT2D eigenvalue weighted by Gasteiger charge is 2.21. The summed E-state index contributed by atoms with van der Waals surface area (Å²) in [7, 11) is 0. The maximum Gasteiger partial charge on any atom is 0.323 e. The largest absolute Gasteiger partial charge is 0.456 e. The molecule has 0 aromatic carbocycles. The molecule has 0 aliphatic heterocycles. The van der Waals surface area contributed by atoms with Crippen molar-refractivity contribution in [2.24, 2.45) is 23.1 Å². The van der Waals surface area contributed by atoms with Gasteiger partial charge in [-0.2, -0.15) is 0 Å². The van der Waals surface area contributed by atoms with Crippen molar-refractivity contribution < 1.29 is 19.1 Å². The van der Waals surface area contributed by atoms with Crippen LogP contribution in [0.3, 0.4) is 0 Å². The fourth-order valence-corrected chi connectivity index (χ4v) is 1.30. The van der Waals surface area contributed by atoms with Crippen molar-refractivity contribution in [3.05, 3.63) is 0 Å². The monoisotopic (exact) mass is 259 g/mol. The van der Waals surface area contributed by atoms with Crippen LogP contribution in [0.15, 0.2) is 0 Å². The second-order valence-electron chi connectivity index (χ2n) is 4.59. The molecule has 0 fully saturated rings. The Labute approximate surface area is 106 Å². The van der Waals surface area contributed by atoms with E-state index in [9.17, 15) is 14.4 Å². The predicted octanol–water partition coefficient (Wildman–Crippen LogP) is -1.33. The van der Waals surface area contributed by atoms with Crippen molar-refractivity contribution in [2.45, 2.75) is 38.8 Å². The normalized spacial score (nSPS) is 14.1. The van der Waals surface area contributed by atoms with Gasteiger partial charge in [0.25, 0.3) is 0 Å². The zero-order chi connectivity index (χ0) is 14.3. The molecule has 0 radical (unpaired) electrons. The third kappa shape index (κ3) is 6.97. The summed E-state index contributed by atoms with van der Waals surface area (Å²) in [6.07, 6.45) is 0.203. The SMILES string of the molecule is CC(C)C[C@H](N)C(=O)COC(=O)[C@@H](N)CC(N)=O. The molecular formula is C11H21N3O4. The van der Waals surface area contributed by atoms with E-state index in [-0.39, 0.29) is 18.1 Å². The number of amides is 1. The maximum atomic E-state index is 11.5. The summed E-state index contributed by atoms with van der Waals surface area (Å²) < 4.78 is 4.67. The molecule has 6 N–H and O–H groups in total. The fraction of sp³-hybridized carbons (Fsp3) is 0.727. The second kappa shape index (κ2) is 7.78. The minimum absolute atomic E-state index is 0.275. The topological polar surface area (TPSA) is 138 Å². The predicted molar refractivity (Wildman–Crippen MR) is 65.2 cm³/mol. The number of nitrogens with two attached hydrogens (primary N) is 3. The molecule has 0 saturated heterocycles. The molecule has 0 rings (SSSR count). The summed E-state index contributed by atoms with van der Waals surface area (Å²) in [5, 5.41) is 0. The van der Waals surface area contributed by atoms with Crippen LogP contribution in [-0.4, -0.2) is 36.4 Å². The lowest BCUT2D eigenvalue weighted by molar-refractivity contribution is -0.150. The molecule has 0 heterocycles. The Morgan fingerprint density at radius 1 is 1.11 bits per heavy atom. The van der Waals surface area contributed by atoms with Gasteiger partial charge in [0.15, 0.2) is 12.4 Å². The number of carbonyl (C=O) groups excluding carboxylic acids is 3. The second-order valence-corrected chi connectivity index (χ2v) is 4.59. The molecule has 104 valence electrons. The van der Waals surface area contributed by atoms with Gasteiger partial charge < -0.3 is 21.9 Å². The molecule has 0 bridgehead atoms. The Bertz CT molecular complexity index is 317. The van der Waals surface area contributed by atoms with E-state index in [0.29, 0.717) is 6.42 Å². The van der Waals surface area contributed by atoms with Gasteiger partial charge in [-0.1, -0.05) is 13.8 Å². The summed E-state index contributed by atoms with van der Waals surface area (Å²) in [6, 6.07) is -1.80. The lowest BCUT2D eigenvalue weighted by Gasteiger charge is -2.14. The summed E-state index contributed by atoms with van der Waals surface area (Å²) in [5.41, 5.74) is 15.8. The average Bonchev–Trinajstić information content (AvgIpc) is 2.23. The lowest BCUT2D eigenvalue weighted by Crippen LogP contribution is -2.40. The number of Topliss-reactive ketones (excluding diaryl/α,β-unsaturated/α-hetero) is 1. The number of ether oxygens (including phenoxy) is 1. The van der Waals surface area contributed by atoms with Crippen molar-refractivity contribution in [1.29, 1.82) is 0 Å². The molecule has 1 amide bonds. The van der Waals surface area contributed by atoms with Crippen LogP contribution < -0.4 is 17.2 Å². The number of ketones is 1. The smallest absolute Gasteiger partial charge is 0.323 e. The summed E-state index contributed by atoms with van der Waals surface area (Å²) in [6.45, 7) is 3.43. The number of hydrogen-bond acceptors (Lipinski definition) is 6. The molecular weight excluding hydrogens is 238 g/mol. The molecule has 0 saturated carbocycles. The van der Waals surface area contributed by atoms with Crippen molar-refractivity contribution >= 4 is 17.7 Å². The molecule has 0 aromatic heterocycles. The van der Waals surface area contributed by atoms with Gasteiger partial charge in [0.1, 0.15) is 6.04 Å². The minimum atomic E-state index is -1.14. The standard InChI is InChI=1S/C11H21N3O4/c1-6(2)3-7(12)9(15)5-18-11(17)8(13)4-10(14)16/h6-8H,3-5,12-13H2,1-2H3,(H2,14,16)/t7-,8-/m0/s1. The van der Waals surface area contributed by atoms with Crippen LogP contribution in [0.25, 0.3) is 0 Å². The lowest BCUT2D eigenvalue weighted by atomic mass is 10.0. The quantitative estimate of drug-likeness (QED) is 0.462. The van der Waals surface area contributed by atoms with Gasteiger partial charge in [0.2, 0.25) is 5.91 Å². The molecule has 0 unspecified atom stereocenters. The van der Waals surface area contributed by atoms with Crippen LogP contribution in [0.5, 0.6) is 0 Å². The van der Waals surface area contributed by atoms with Crippen LogP contribution in [0.2, 0.25) is 0 Å². The fourth-order valence-electron chi connectivity index (χ4n) is 1.30. The maximum absolute atomic E-state index is 11.5. The van der Waals surface area contributed by atoms with Crippen molar-refractivity contribution in [2.75, 3.05) is 6.61 Å². The highest BCUT2D eigenvalue weighted by molar-refractivity contribution is 5.89. The zero-order valence-electron chi connectivity index (χ0n) is 10.7. The van der Waals surface area contributed by atoms with E-state index in [1.165, 1.54) is 0 Å². The first-order valence-electron chi connectivity index (χ1n) is 5.72. The third-order valence-electron chi connectivity index (χ3n) is 2.22. The first-order valence-corrected chi connectivity index (χ1v) is 5.72. The first-order chi connectivity index (χ1) is 8.23. The molecule has 0 aromatic rings. The van der Waals surface area contributed by atoms with Crippen LogP contribution in [0, 0.1) is 5.92 Å². The molecule has 0 spiro atoms. The van der Waals surface area contributed by atoms with Gasteiger partial charge in [0.05, 0.1) is 12.5 Å².